The molecule has 2 rings (SSSR count). The number of sulfonamides is 1. The molecule has 0 saturated carbocycles. The quantitative estimate of drug-likeness (QED) is 0.818. The number of aromatic nitrogens is 1. The maximum Gasteiger partial charge on any atom is 0.335 e. The maximum atomic E-state index is 12.2. The number of carboxylic acids is 1. The molecule has 0 spiro atoms. The van der Waals surface area contributed by atoms with Crippen LogP contribution in [-0.4, -0.2) is 24.1 Å². The van der Waals surface area contributed by atoms with E-state index in [1.54, 1.807) is 12.1 Å². The van der Waals surface area contributed by atoms with Gasteiger partial charge in [-0.3, -0.25) is 0 Å². The first-order valence-electron chi connectivity index (χ1n) is 6.74. The van der Waals surface area contributed by atoms with Crippen LogP contribution >= 0.6 is 0 Å². The number of aryl methyl sites for hydroxylation is 2. The minimum absolute atomic E-state index is 0.0164. The molecular formula is C15H17N3O4S. The van der Waals surface area contributed by atoms with Gasteiger partial charge >= 0.3 is 5.97 Å². The molecule has 0 atom stereocenters. The van der Waals surface area contributed by atoms with Gasteiger partial charge in [0.05, 0.1) is 15.8 Å². The molecule has 0 aliphatic heterocycles. The number of nitrogens with zero attached hydrogens (tertiary/aromatic N) is 2. The molecule has 1 aromatic carbocycles. The lowest BCUT2D eigenvalue weighted by atomic mass is 10.2. The first-order chi connectivity index (χ1) is 10.7. The van der Waals surface area contributed by atoms with Gasteiger partial charge in [-0.05, 0) is 50.2 Å². The fraction of sp³-hybridized carbons (Fsp3) is 0.200. The van der Waals surface area contributed by atoms with Crippen LogP contribution in [0, 0.1) is 13.8 Å². The number of benzene rings is 1. The van der Waals surface area contributed by atoms with Gasteiger partial charge in [0.15, 0.2) is 0 Å². The van der Waals surface area contributed by atoms with Crippen LogP contribution < -0.4 is 10.2 Å². The van der Waals surface area contributed by atoms with Crippen LogP contribution in [0.4, 0.5) is 0 Å². The lowest BCUT2D eigenvalue weighted by molar-refractivity contribution is 0.0696. The van der Waals surface area contributed by atoms with Crippen LogP contribution in [0.25, 0.3) is 0 Å². The van der Waals surface area contributed by atoms with Crippen molar-refractivity contribution in [1.29, 1.82) is 0 Å². The smallest absolute Gasteiger partial charge is 0.335 e. The van der Waals surface area contributed by atoms with E-state index in [1.807, 2.05) is 25.5 Å². The van der Waals surface area contributed by atoms with Crippen molar-refractivity contribution >= 4 is 16.0 Å². The van der Waals surface area contributed by atoms with Crippen molar-refractivity contribution in [2.24, 2.45) is 12.1 Å². The summed E-state index contributed by atoms with van der Waals surface area (Å²) in [5.74, 6) is -1.12. The first kappa shape index (κ1) is 16.8. The molecule has 2 N–H and O–H groups in total. The minimum atomic E-state index is -3.85. The van der Waals surface area contributed by atoms with Gasteiger partial charge in [-0.15, -0.1) is 0 Å². The predicted molar refractivity (Wildman–Crippen MR) is 84.2 cm³/mol. The van der Waals surface area contributed by atoms with Crippen molar-refractivity contribution in [3.05, 3.63) is 58.7 Å². The second kappa shape index (κ2) is 6.25. The predicted octanol–water partition coefficient (Wildman–Crippen LogP) is 1.13. The van der Waals surface area contributed by atoms with Crippen LogP contribution in [0.3, 0.4) is 0 Å². The number of carbonyl (C=O) groups is 1. The van der Waals surface area contributed by atoms with Gasteiger partial charge in [0.25, 0.3) is 10.0 Å². The first-order valence-corrected chi connectivity index (χ1v) is 8.22. The molecule has 1 heterocycles. The van der Waals surface area contributed by atoms with Crippen LogP contribution in [-0.2, 0) is 17.1 Å². The Balaban J connectivity index is 2.31. The zero-order chi connectivity index (χ0) is 17.2. The fourth-order valence-electron chi connectivity index (χ4n) is 1.95. The van der Waals surface area contributed by atoms with E-state index < -0.39 is 16.0 Å². The van der Waals surface area contributed by atoms with Crippen molar-refractivity contribution in [1.82, 2.24) is 9.40 Å². The molecule has 0 amide bonds. The molecule has 1 aromatic heterocycles. The SMILES string of the molecule is Cc1cc(=NNS(=O)(=O)c2ccc(C(=O)O)cc2)cc(C)n1C. The van der Waals surface area contributed by atoms with E-state index in [0.717, 1.165) is 11.4 Å². The molecule has 8 heteroatoms. The second-order valence-electron chi connectivity index (χ2n) is 5.09. The van der Waals surface area contributed by atoms with Gasteiger partial charge in [0, 0.05) is 18.4 Å². The Morgan fingerprint density at radius 1 is 1.13 bits per heavy atom. The average molecular weight is 335 g/mol. The Labute approximate surface area is 134 Å². The van der Waals surface area contributed by atoms with E-state index in [-0.39, 0.29) is 10.5 Å². The highest BCUT2D eigenvalue weighted by molar-refractivity contribution is 7.89. The van der Waals surface area contributed by atoms with Gasteiger partial charge in [0.1, 0.15) is 0 Å². The third-order valence-corrected chi connectivity index (χ3v) is 4.70. The number of hydrogen-bond donors (Lipinski definition) is 2. The molecule has 0 fully saturated rings. The summed E-state index contributed by atoms with van der Waals surface area (Å²) in [5, 5.41) is 13.2. The van der Waals surface area contributed by atoms with Gasteiger partial charge in [-0.1, -0.05) is 0 Å². The summed E-state index contributed by atoms with van der Waals surface area (Å²) in [6, 6.07) is 8.42. The molecule has 23 heavy (non-hydrogen) atoms. The zero-order valence-corrected chi connectivity index (χ0v) is 13.8. The summed E-state index contributed by atoms with van der Waals surface area (Å²) < 4.78 is 26.3. The lowest BCUT2D eigenvalue weighted by Gasteiger charge is -2.08. The van der Waals surface area contributed by atoms with Crippen molar-refractivity contribution in [3.8, 4) is 0 Å². The summed E-state index contributed by atoms with van der Waals surface area (Å²) in [6.45, 7) is 3.79. The van der Waals surface area contributed by atoms with Crippen molar-refractivity contribution in [3.63, 3.8) is 0 Å². The Morgan fingerprint density at radius 3 is 2.13 bits per heavy atom. The summed E-state index contributed by atoms with van der Waals surface area (Å²) in [7, 11) is -1.95. The van der Waals surface area contributed by atoms with E-state index in [4.69, 9.17) is 5.11 Å². The van der Waals surface area contributed by atoms with E-state index in [2.05, 4.69) is 9.93 Å². The molecule has 0 unspecified atom stereocenters. The molecule has 0 aliphatic rings. The van der Waals surface area contributed by atoms with E-state index in [0.29, 0.717) is 5.36 Å². The molecule has 122 valence electrons. The standard InChI is InChI=1S/C15H17N3O4S/c1-10-8-13(9-11(2)18(10)3)16-17-23(21,22)14-6-4-12(5-7-14)15(19)20/h4-9,17H,1-3H3,(H,19,20). The molecule has 0 saturated heterocycles. The topological polar surface area (TPSA) is 101 Å². The lowest BCUT2D eigenvalue weighted by Crippen LogP contribution is -2.22. The van der Waals surface area contributed by atoms with Crippen molar-refractivity contribution in [2.75, 3.05) is 0 Å². The van der Waals surface area contributed by atoms with Gasteiger partial charge in [-0.2, -0.15) is 18.4 Å². The Hall–Kier alpha value is -2.61. The van der Waals surface area contributed by atoms with Crippen molar-refractivity contribution < 1.29 is 18.3 Å². The Kier molecular flexibility index (Phi) is 4.55. The highest BCUT2D eigenvalue weighted by Crippen LogP contribution is 2.10. The van der Waals surface area contributed by atoms with E-state index in [1.165, 1.54) is 24.3 Å². The van der Waals surface area contributed by atoms with E-state index >= 15 is 0 Å². The molecule has 7 nitrogen and oxygen atoms in total. The molecule has 2 aromatic rings. The summed E-state index contributed by atoms with van der Waals surface area (Å²) in [4.78, 5) is 12.9. The Bertz CT molecular complexity index is 886. The monoisotopic (exact) mass is 335 g/mol. The molecular weight excluding hydrogens is 318 g/mol. The summed E-state index contributed by atoms with van der Waals surface area (Å²) >= 11 is 0. The Morgan fingerprint density at radius 2 is 1.65 bits per heavy atom. The number of pyridine rings is 1. The fourth-order valence-corrected chi connectivity index (χ4v) is 2.77. The number of nitrogens with one attached hydrogen (secondary N) is 1. The maximum absolute atomic E-state index is 12.2. The summed E-state index contributed by atoms with van der Waals surface area (Å²) in [5.41, 5.74) is 1.89. The average Bonchev–Trinajstić information content (AvgIpc) is 2.50. The number of hydrogen-bond acceptors (Lipinski definition) is 4. The number of carboxylic acid groups (broad SMARTS) is 1. The van der Waals surface area contributed by atoms with Gasteiger partial charge in [0.2, 0.25) is 0 Å². The van der Waals surface area contributed by atoms with Crippen LogP contribution in [0.5, 0.6) is 0 Å². The van der Waals surface area contributed by atoms with Gasteiger partial charge < -0.3 is 9.67 Å². The minimum Gasteiger partial charge on any atom is -0.478 e. The van der Waals surface area contributed by atoms with Crippen LogP contribution in [0.1, 0.15) is 21.7 Å². The highest BCUT2D eigenvalue weighted by Gasteiger charge is 2.13. The zero-order valence-electron chi connectivity index (χ0n) is 12.9. The number of aromatic carboxylic acids is 1. The second-order valence-corrected chi connectivity index (χ2v) is 6.75. The molecule has 0 radical (unpaired) electrons. The third kappa shape index (κ3) is 3.78. The number of rotatable bonds is 4. The van der Waals surface area contributed by atoms with E-state index in [9.17, 15) is 13.2 Å². The normalized spacial score (nSPS) is 11.1. The van der Waals surface area contributed by atoms with Crippen LogP contribution in [0.2, 0.25) is 0 Å². The largest absolute Gasteiger partial charge is 0.478 e. The molecule has 0 aliphatic carbocycles. The summed E-state index contributed by atoms with van der Waals surface area (Å²) in [6.07, 6.45) is 0. The highest BCUT2D eigenvalue weighted by atomic mass is 32.2. The van der Waals surface area contributed by atoms with Crippen LogP contribution in [0.15, 0.2) is 46.4 Å². The van der Waals surface area contributed by atoms with Gasteiger partial charge in [-0.25, -0.2) is 4.79 Å². The molecule has 0 bridgehead atoms. The van der Waals surface area contributed by atoms with Crippen molar-refractivity contribution in [2.45, 2.75) is 18.7 Å². The third-order valence-electron chi connectivity index (χ3n) is 3.48.